The van der Waals surface area contributed by atoms with Gasteiger partial charge in [-0.1, -0.05) is 77.2 Å². The molecular formula is C26H44N2O4. The molecule has 1 saturated carbocycles. The number of carbonyl (C=O) groups is 1. The van der Waals surface area contributed by atoms with Crippen LogP contribution in [-0.2, 0) is 4.79 Å². The largest absolute Gasteiger partial charge is 0.481 e. The van der Waals surface area contributed by atoms with E-state index in [1.807, 2.05) is 0 Å². The SMILES string of the molecule is CCCCCCCCCCN[C@H](CO)C1CCCCC1.O=C(O)[C@@H]1COc2ncccc21. The number of carboxylic acids is 1. The minimum absolute atomic E-state index is 0.196. The van der Waals surface area contributed by atoms with Crippen LogP contribution in [0.25, 0.3) is 0 Å². The van der Waals surface area contributed by atoms with Crippen molar-refractivity contribution in [3.8, 4) is 5.88 Å². The van der Waals surface area contributed by atoms with Crippen molar-refractivity contribution in [3.05, 3.63) is 23.9 Å². The Balaban J connectivity index is 0.000000255. The fraction of sp³-hybridized carbons (Fsp3) is 0.769. The maximum absolute atomic E-state index is 10.7. The van der Waals surface area contributed by atoms with Crippen LogP contribution in [0, 0.1) is 5.92 Å². The molecule has 3 N–H and O–H groups in total. The van der Waals surface area contributed by atoms with E-state index in [0.717, 1.165) is 12.5 Å². The highest BCUT2D eigenvalue weighted by molar-refractivity contribution is 5.78. The molecule has 3 rings (SSSR count). The first-order valence-electron chi connectivity index (χ1n) is 12.8. The number of unbranched alkanes of at least 4 members (excludes halogenated alkanes) is 7. The minimum atomic E-state index is -0.859. The van der Waals surface area contributed by atoms with Gasteiger partial charge in [-0.25, -0.2) is 4.98 Å². The van der Waals surface area contributed by atoms with Crippen molar-refractivity contribution in [1.82, 2.24) is 10.3 Å². The molecule has 0 unspecified atom stereocenters. The number of aliphatic hydroxyl groups is 1. The van der Waals surface area contributed by atoms with Crippen LogP contribution in [0.4, 0.5) is 0 Å². The van der Waals surface area contributed by atoms with Gasteiger partial charge in [-0.05, 0) is 37.8 Å². The van der Waals surface area contributed by atoms with Crippen molar-refractivity contribution in [2.24, 2.45) is 5.92 Å². The molecule has 1 aliphatic heterocycles. The zero-order chi connectivity index (χ0) is 23.0. The van der Waals surface area contributed by atoms with Crippen molar-refractivity contribution in [2.75, 3.05) is 19.8 Å². The summed E-state index contributed by atoms with van der Waals surface area (Å²) in [4.78, 5) is 14.6. The third-order valence-corrected chi connectivity index (χ3v) is 6.71. The van der Waals surface area contributed by atoms with Crippen LogP contribution in [0.2, 0.25) is 0 Å². The Hall–Kier alpha value is -1.66. The van der Waals surface area contributed by atoms with Gasteiger partial charge in [0, 0.05) is 17.8 Å². The average molecular weight is 449 g/mol. The summed E-state index contributed by atoms with van der Waals surface area (Å²) < 4.78 is 5.08. The summed E-state index contributed by atoms with van der Waals surface area (Å²) in [6.07, 6.45) is 19.3. The fourth-order valence-corrected chi connectivity index (χ4v) is 4.71. The van der Waals surface area contributed by atoms with Gasteiger partial charge in [0.1, 0.15) is 12.5 Å². The molecule has 0 radical (unpaired) electrons. The first kappa shape index (κ1) is 26.6. The smallest absolute Gasteiger partial charge is 0.314 e. The van der Waals surface area contributed by atoms with Gasteiger partial charge in [0.2, 0.25) is 5.88 Å². The predicted octanol–water partition coefficient (Wildman–Crippen LogP) is 5.30. The van der Waals surface area contributed by atoms with Gasteiger partial charge in [-0.2, -0.15) is 0 Å². The topological polar surface area (TPSA) is 91.7 Å². The fourth-order valence-electron chi connectivity index (χ4n) is 4.71. The van der Waals surface area contributed by atoms with Gasteiger partial charge in [0.15, 0.2) is 0 Å². The third-order valence-electron chi connectivity index (χ3n) is 6.71. The second-order valence-corrected chi connectivity index (χ2v) is 9.22. The Morgan fingerprint density at radius 2 is 1.81 bits per heavy atom. The van der Waals surface area contributed by atoms with Crippen LogP contribution in [-0.4, -0.2) is 47.0 Å². The number of fused-ring (bicyclic) bond motifs is 1. The Labute approximate surface area is 194 Å². The van der Waals surface area contributed by atoms with Gasteiger partial charge in [-0.15, -0.1) is 0 Å². The molecule has 2 aliphatic rings. The lowest BCUT2D eigenvalue weighted by atomic mass is 9.84. The summed E-state index contributed by atoms with van der Waals surface area (Å²) in [5.41, 5.74) is 0.671. The number of aliphatic hydroxyl groups excluding tert-OH is 1. The third kappa shape index (κ3) is 9.45. The molecular weight excluding hydrogens is 404 g/mol. The van der Waals surface area contributed by atoms with E-state index in [1.165, 1.54) is 83.5 Å². The molecule has 1 aromatic rings. The van der Waals surface area contributed by atoms with Gasteiger partial charge in [0.05, 0.1) is 6.61 Å². The van der Waals surface area contributed by atoms with Crippen molar-refractivity contribution in [3.63, 3.8) is 0 Å². The molecule has 6 heteroatoms. The number of aliphatic carboxylic acids is 1. The molecule has 0 bridgehead atoms. The normalized spacial score (nSPS) is 18.9. The molecule has 182 valence electrons. The van der Waals surface area contributed by atoms with E-state index in [0.29, 0.717) is 24.1 Å². The molecule has 1 aromatic heterocycles. The van der Waals surface area contributed by atoms with E-state index in [1.54, 1.807) is 18.3 Å². The first-order chi connectivity index (χ1) is 15.7. The van der Waals surface area contributed by atoms with E-state index < -0.39 is 11.9 Å². The number of rotatable bonds is 13. The molecule has 0 saturated heterocycles. The van der Waals surface area contributed by atoms with Crippen LogP contribution in [0.3, 0.4) is 0 Å². The summed E-state index contributed by atoms with van der Waals surface area (Å²) in [7, 11) is 0. The summed E-state index contributed by atoms with van der Waals surface area (Å²) in [5, 5.41) is 21.9. The van der Waals surface area contributed by atoms with E-state index >= 15 is 0 Å². The molecule has 1 fully saturated rings. The minimum Gasteiger partial charge on any atom is -0.481 e. The van der Waals surface area contributed by atoms with Crippen molar-refractivity contribution >= 4 is 5.97 Å². The molecule has 2 heterocycles. The molecule has 1 aliphatic carbocycles. The van der Waals surface area contributed by atoms with Crippen LogP contribution in [0.1, 0.15) is 102 Å². The maximum atomic E-state index is 10.7. The second-order valence-electron chi connectivity index (χ2n) is 9.22. The number of nitrogens with one attached hydrogen (secondary N) is 1. The molecule has 6 nitrogen and oxygen atoms in total. The monoisotopic (exact) mass is 448 g/mol. The number of ether oxygens (including phenoxy) is 1. The van der Waals surface area contributed by atoms with Gasteiger partial charge in [-0.3, -0.25) is 4.79 Å². The van der Waals surface area contributed by atoms with E-state index in [2.05, 4.69) is 17.2 Å². The lowest BCUT2D eigenvalue weighted by Gasteiger charge is -2.29. The lowest BCUT2D eigenvalue weighted by molar-refractivity contribution is -0.138. The molecule has 32 heavy (non-hydrogen) atoms. The lowest BCUT2D eigenvalue weighted by Crippen LogP contribution is -2.40. The Morgan fingerprint density at radius 1 is 1.12 bits per heavy atom. The standard InChI is InChI=1S/C18H37NO.C8H7NO3/c1-2-3-4-5-6-7-8-12-15-19-18(16-20)17-13-10-9-11-14-17;10-8(11)6-4-12-7-5(6)2-1-3-9-7/h17-20H,2-16H2,1H3;1-3,6H,4H2,(H,10,11)/t18-;6-/m11/s1. The number of pyridine rings is 1. The second kappa shape index (κ2) is 16.0. The Bertz CT molecular complexity index is 634. The van der Waals surface area contributed by atoms with Gasteiger partial charge < -0.3 is 20.3 Å². The quantitative estimate of drug-likeness (QED) is 0.355. The molecule has 0 amide bonds. The number of hydrogen-bond donors (Lipinski definition) is 3. The van der Waals surface area contributed by atoms with Gasteiger partial charge >= 0.3 is 5.97 Å². The van der Waals surface area contributed by atoms with Crippen LogP contribution >= 0.6 is 0 Å². The van der Waals surface area contributed by atoms with Crippen LogP contribution in [0.5, 0.6) is 5.88 Å². The predicted molar refractivity (Wildman–Crippen MR) is 128 cm³/mol. The molecule has 2 atom stereocenters. The highest BCUT2D eigenvalue weighted by Crippen LogP contribution is 2.31. The zero-order valence-corrected chi connectivity index (χ0v) is 19.9. The molecule has 0 aromatic carbocycles. The van der Waals surface area contributed by atoms with E-state index in [4.69, 9.17) is 9.84 Å². The first-order valence-corrected chi connectivity index (χ1v) is 12.8. The highest BCUT2D eigenvalue weighted by Gasteiger charge is 2.30. The van der Waals surface area contributed by atoms with E-state index in [-0.39, 0.29) is 6.61 Å². The number of hydrogen-bond acceptors (Lipinski definition) is 5. The summed E-state index contributed by atoms with van der Waals surface area (Å²) >= 11 is 0. The van der Waals surface area contributed by atoms with E-state index in [9.17, 15) is 9.90 Å². The van der Waals surface area contributed by atoms with Crippen molar-refractivity contribution < 1.29 is 19.7 Å². The summed E-state index contributed by atoms with van der Waals surface area (Å²) in [5.74, 6) is -0.233. The zero-order valence-electron chi connectivity index (χ0n) is 19.9. The van der Waals surface area contributed by atoms with Crippen molar-refractivity contribution in [1.29, 1.82) is 0 Å². The summed E-state index contributed by atoms with van der Waals surface area (Å²) in [6.45, 7) is 3.88. The summed E-state index contributed by atoms with van der Waals surface area (Å²) in [6, 6.07) is 3.80. The number of nitrogens with zero attached hydrogens (tertiary/aromatic N) is 1. The van der Waals surface area contributed by atoms with Crippen molar-refractivity contribution in [2.45, 2.75) is 102 Å². The Morgan fingerprint density at radius 3 is 2.47 bits per heavy atom. The number of aromatic nitrogens is 1. The maximum Gasteiger partial charge on any atom is 0.314 e. The van der Waals surface area contributed by atoms with Crippen LogP contribution in [0.15, 0.2) is 18.3 Å². The highest BCUT2D eigenvalue weighted by atomic mass is 16.5. The average Bonchev–Trinajstić information content (AvgIpc) is 3.26. The molecule has 0 spiro atoms. The van der Waals surface area contributed by atoms with Crippen LogP contribution < -0.4 is 10.1 Å². The van der Waals surface area contributed by atoms with Gasteiger partial charge in [0.25, 0.3) is 0 Å². The number of carboxylic acid groups (broad SMARTS) is 1. The Kier molecular flexibility index (Phi) is 13.3.